The Labute approximate surface area is 184 Å². The van der Waals surface area contributed by atoms with Gasteiger partial charge in [0.25, 0.3) is 5.91 Å². The molecule has 0 aromatic heterocycles. The highest BCUT2D eigenvalue weighted by molar-refractivity contribution is 9.10. The standard InChI is InChI=1S/C23H25BrN2O4/c1-14-4-6-17(7-5-14)11-26-12-18(10-21(26)28)23(29)30-13-20(27)25-22-15(2)8-19(24)9-16(22)3/h4-9,18H,10-13H2,1-3H3,(H,25,27). The summed E-state index contributed by atoms with van der Waals surface area (Å²) < 4.78 is 6.12. The third kappa shape index (κ3) is 5.48. The SMILES string of the molecule is Cc1ccc(CN2CC(C(=O)OCC(=O)Nc3c(C)cc(Br)cc3C)CC2=O)cc1. The van der Waals surface area contributed by atoms with Crippen LogP contribution in [0.25, 0.3) is 0 Å². The number of halogens is 1. The third-order valence-electron chi connectivity index (χ3n) is 5.15. The number of carbonyl (C=O) groups excluding carboxylic acids is 3. The third-order valence-corrected chi connectivity index (χ3v) is 5.61. The summed E-state index contributed by atoms with van der Waals surface area (Å²) in [5, 5.41) is 2.79. The molecule has 6 nitrogen and oxygen atoms in total. The number of nitrogens with one attached hydrogen (secondary N) is 1. The Balaban J connectivity index is 1.51. The van der Waals surface area contributed by atoms with E-state index in [0.717, 1.165) is 26.7 Å². The monoisotopic (exact) mass is 472 g/mol. The number of amides is 2. The smallest absolute Gasteiger partial charge is 0.311 e. The molecule has 0 saturated carbocycles. The summed E-state index contributed by atoms with van der Waals surface area (Å²) in [7, 11) is 0. The molecule has 1 aliphatic rings. The number of carbonyl (C=O) groups is 3. The van der Waals surface area contributed by atoms with E-state index in [9.17, 15) is 14.4 Å². The van der Waals surface area contributed by atoms with Gasteiger partial charge in [0.05, 0.1) is 5.92 Å². The number of likely N-dealkylation sites (tertiary alicyclic amines) is 1. The van der Waals surface area contributed by atoms with Gasteiger partial charge in [0, 0.05) is 29.7 Å². The minimum absolute atomic E-state index is 0.0805. The molecule has 2 aromatic carbocycles. The second kappa shape index (κ2) is 9.43. The van der Waals surface area contributed by atoms with Crippen LogP contribution in [0.2, 0.25) is 0 Å². The fourth-order valence-corrected chi connectivity index (χ4v) is 4.22. The Bertz CT molecular complexity index is 949. The summed E-state index contributed by atoms with van der Waals surface area (Å²) in [6.07, 6.45) is 0.108. The fraction of sp³-hybridized carbons (Fsp3) is 0.348. The molecular weight excluding hydrogens is 448 g/mol. The number of esters is 1. The van der Waals surface area contributed by atoms with Gasteiger partial charge in [0.1, 0.15) is 0 Å². The number of hydrogen-bond acceptors (Lipinski definition) is 4. The second-order valence-corrected chi connectivity index (χ2v) is 8.65. The second-order valence-electron chi connectivity index (χ2n) is 7.73. The molecular formula is C23H25BrN2O4. The molecule has 7 heteroatoms. The van der Waals surface area contributed by atoms with Crippen LogP contribution in [0.3, 0.4) is 0 Å². The van der Waals surface area contributed by atoms with Crippen molar-refractivity contribution in [2.24, 2.45) is 5.92 Å². The predicted molar refractivity (Wildman–Crippen MR) is 118 cm³/mol. The van der Waals surface area contributed by atoms with Crippen molar-refractivity contribution in [3.05, 3.63) is 63.1 Å². The van der Waals surface area contributed by atoms with Crippen LogP contribution in [-0.2, 0) is 25.7 Å². The number of anilines is 1. The van der Waals surface area contributed by atoms with E-state index in [2.05, 4.69) is 21.2 Å². The molecule has 3 rings (SSSR count). The quantitative estimate of drug-likeness (QED) is 0.646. The first kappa shape index (κ1) is 22.0. The molecule has 1 aliphatic heterocycles. The Hall–Kier alpha value is -2.67. The number of nitrogens with zero attached hydrogens (tertiary/aromatic N) is 1. The van der Waals surface area contributed by atoms with Crippen molar-refractivity contribution in [2.45, 2.75) is 33.7 Å². The van der Waals surface area contributed by atoms with Crippen molar-refractivity contribution >= 4 is 39.4 Å². The number of aryl methyl sites for hydroxylation is 3. The lowest BCUT2D eigenvalue weighted by molar-refractivity contribution is -0.151. The van der Waals surface area contributed by atoms with E-state index >= 15 is 0 Å². The van der Waals surface area contributed by atoms with Crippen LogP contribution in [0, 0.1) is 26.7 Å². The normalized spacial score (nSPS) is 15.9. The van der Waals surface area contributed by atoms with E-state index in [-0.39, 0.29) is 18.9 Å². The zero-order valence-electron chi connectivity index (χ0n) is 17.3. The van der Waals surface area contributed by atoms with Crippen LogP contribution < -0.4 is 5.32 Å². The predicted octanol–water partition coefficient (Wildman–Crippen LogP) is 3.90. The lowest BCUT2D eigenvalue weighted by Crippen LogP contribution is -2.28. The van der Waals surface area contributed by atoms with E-state index in [0.29, 0.717) is 18.8 Å². The van der Waals surface area contributed by atoms with Gasteiger partial charge in [-0.3, -0.25) is 14.4 Å². The maximum absolute atomic E-state index is 12.4. The highest BCUT2D eigenvalue weighted by Gasteiger charge is 2.35. The van der Waals surface area contributed by atoms with Crippen molar-refractivity contribution < 1.29 is 19.1 Å². The summed E-state index contributed by atoms with van der Waals surface area (Å²) in [6, 6.07) is 11.8. The van der Waals surface area contributed by atoms with Crippen LogP contribution >= 0.6 is 15.9 Å². The number of rotatable bonds is 6. The van der Waals surface area contributed by atoms with E-state index < -0.39 is 17.8 Å². The summed E-state index contributed by atoms with van der Waals surface area (Å²) in [5.74, 6) is -1.55. The molecule has 0 bridgehead atoms. The molecule has 1 heterocycles. The minimum Gasteiger partial charge on any atom is -0.455 e. The highest BCUT2D eigenvalue weighted by Crippen LogP contribution is 2.25. The molecule has 30 heavy (non-hydrogen) atoms. The van der Waals surface area contributed by atoms with Crippen LogP contribution in [0.4, 0.5) is 5.69 Å². The molecule has 1 fully saturated rings. The van der Waals surface area contributed by atoms with Gasteiger partial charge in [0.2, 0.25) is 5.91 Å². The molecule has 158 valence electrons. The van der Waals surface area contributed by atoms with E-state index in [1.54, 1.807) is 4.90 Å². The van der Waals surface area contributed by atoms with Gasteiger partial charge in [0.15, 0.2) is 6.61 Å². The molecule has 1 N–H and O–H groups in total. The van der Waals surface area contributed by atoms with Crippen LogP contribution in [0.5, 0.6) is 0 Å². The van der Waals surface area contributed by atoms with Gasteiger partial charge in [-0.05, 0) is 49.6 Å². The van der Waals surface area contributed by atoms with Crippen LogP contribution in [-0.4, -0.2) is 35.8 Å². The average Bonchev–Trinajstić information content (AvgIpc) is 3.05. The van der Waals surface area contributed by atoms with E-state index in [1.807, 2.05) is 57.2 Å². The lowest BCUT2D eigenvalue weighted by atomic mass is 10.1. The van der Waals surface area contributed by atoms with Crippen LogP contribution in [0.1, 0.15) is 28.7 Å². The molecule has 2 amide bonds. The molecule has 1 atom stereocenters. The fourth-order valence-electron chi connectivity index (χ4n) is 3.53. The molecule has 0 aliphatic carbocycles. The van der Waals surface area contributed by atoms with Gasteiger partial charge in [-0.25, -0.2) is 0 Å². The Kier molecular flexibility index (Phi) is 6.92. The van der Waals surface area contributed by atoms with Crippen molar-refractivity contribution in [2.75, 3.05) is 18.5 Å². The summed E-state index contributed by atoms with van der Waals surface area (Å²) in [5.41, 5.74) is 4.70. The van der Waals surface area contributed by atoms with Crippen molar-refractivity contribution in [1.82, 2.24) is 4.90 Å². The van der Waals surface area contributed by atoms with Crippen molar-refractivity contribution in [3.63, 3.8) is 0 Å². The first-order valence-electron chi connectivity index (χ1n) is 9.79. The Morgan fingerprint density at radius 1 is 1.13 bits per heavy atom. The highest BCUT2D eigenvalue weighted by atomic mass is 79.9. The zero-order valence-corrected chi connectivity index (χ0v) is 18.9. The van der Waals surface area contributed by atoms with Gasteiger partial charge in [-0.15, -0.1) is 0 Å². The van der Waals surface area contributed by atoms with E-state index in [4.69, 9.17) is 4.74 Å². The summed E-state index contributed by atoms with van der Waals surface area (Å²) in [6.45, 7) is 6.19. The average molecular weight is 473 g/mol. The Morgan fingerprint density at radius 2 is 1.77 bits per heavy atom. The largest absolute Gasteiger partial charge is 0.455 e. The molecule has 0 radical (unpaired) electrons. The topological polar surface area (TPSA) is 75.7 Å². The van der Waals surface area contributed by atoms with Crippen molar-refractivity contribution in [1.29, 1.82) is 0 Å². The maximum Gasteiger partial charge on any atom is 0.311 e. The lowest BCUT2D eigenvalue weighted by Gasteiger charge is -2.17. The Morgan fingerprint density at radius 3 is 2.40 bits per heavy atom. The number of hydrogen-bond donors (Lipinski definition) is 1. The summed E-state index contributed by atoms with van der Waals surface area (Å²) >= 11 is 3.42. The molecule has 2 aromatic rings. The first-order valence-corrected chi connectivity index (χ1v) is 10.6. The van der Waals surface area contributed by atoms with Crippen molar-refractivity contribution in [3.8, 4) is 0 Å². The number of benzene rings is 2. The first-order chi connectivity index (χ1) is 14.2. The van der Waals surface area contributed by atoms with Gasteiger partial charge in [-0.2, -0.15) is 0 Å². The van der Waals surface area contributed by atoms with Gasteiger partial charge < -0.3 is 15.0 Å². The molecule has 1 saturated heterocycles. The maximum atomic E-state index is 12.4. The zero-order chi connectivity index (χ0) is 21.8. The molecule has 1 unspecified atom stereocenters. The van der Waals surface area contributed by atoms with Crippen LogP contribution in [0.15, 0.2) is 40.9 Å². The minimum atomic E-state index is -0.549. The number of ether oxygens (including phenoxy) is 1. The van der Waals surface area contributed by atoms with E-state index in [1.165, 1.54) is 0 Å². The summed E-state index contributed by atoms with van der Waals surface area (Å²) in [4.78, 5) is 38.6. The van der Waals surface area contributed by atoms with Gasteiger partial charge >= 0.3 is 5.97 Å². The molecule has 0 spiro atoms. The van der Waals surface area contributed by atoms with Gasteiger partial charge in [-0.1, -0.05) is 45.8 Å².